The van der Waals surface area contributed by atoms with Crippen molar-refractivity contribution in [1.82, 2.24) is 0 Å². The molecular weight excluding hydrogens is 240 g/mol. The quantitative estimate of drug-likeness (QED) is 0.545. The summed E-state index contributed by atoms with van der Waals surface area (Å²) in [6.45, 7) is 0.204. The highest BCUT2D eigenvalue weighted by Gasteiger charge is 2.17. The van der Waals surface area contributed by atoms with Crippen molar-refractivity contribution in [1.29, 1.82) is 0 Å². The minimum absolute atomic E-state index is 0.0367. The first kappa shape index (κ1) is 14.3. The van der Waals surface area contributed by atoms with Crippen LogP contribution in [-0.4, -0.2) is 40.4 Å². The lowest BCUT2D eigenvalue weighted by molar-refractivity contribution is 0.0172. The van der Waals surface area contributed by atoms with E-state index in [-0.39, 0.29) is 13.2 Å². The smallest absolute Gasteiger partial charge is 0.119 e. The van der Waals surface area contributed by atoms with E-state index < -0.39 is 12.2 Å². The summed E-state index contributed by atoms with van der Waals surface area (Å²) in [4.78, 5) is 0. The Morgan fingerprint density at radius 2 is 1.82 bits per heavy atom. The molecule has 0 aliphatic heterocycles. The number of aliphatic hydroxyl groups excluding tert-OH is 3. The fourth-order valence-corrected chi connectivity index (χ4v) is 1.70. The van der Waals surface area contributed by atoms with Crippen LogP contribution in [0, 0.1) is 0 Å². The molecule has 4 nitrogen and oxygen atoms in total. The summed E-state index contributed by atoms with van der Waals surface area (Å²) in [5.41, 5.74) is 0.635. The van der Waals surface area contributed by atoms with Crippen LogP contribution in [0.5, 0.6) is 5.75 Å². The molecule has 0 saturated heterocycles. The number of hydrogen-bond donors (Lipinski definition) is 4. The van der Waals surface area contributed by atoms with E-state index in [2.05, 4.69) is 12.6 Å². The van der Waals surface area contributed by atoms with Gasteiger partial charge in [-0.2, -0.15) is 12.6 Å². The van der Waals surface area contributed by atoms with Crippen LogP contribution in [0.2, 0.25) is 0 Å². The lowest BCUT2D eigenvalue weighted by Gasteiger charge is -2.17. The van der Waals surface area contributed by atoms with Crippen LogP contribution >= 0.6 is 12.6 Å². The van der Waals surface area contributed by atoms with Crippen LogP contribution in [0.25, 0.3) is 0 Å². The molecule has 0 amide bonds. The maximum Gasteiger partial charge on any atom is 0.119 e. The summed E-state index contributed by atoms with van der Waals surface area (Å²) in [5, 5.41) is 28.0. The Balaban J connectivity index is 2.60. The fraction of sp³-hybridized carbons (Fsp3) is 0.500. The molecule has 1 rings (SSSR count). The largest absolute Gasteiger partial charge is 0.491 e. The van der Waals surface area contributed by atoms with Gasteiger partial charge in [0.2, 0.25) is 0 Å². The van der Waals surface area contributed by atoms with Crippen LogP contribution < -0.4 is 4.74 Å². The minimum atomic E-state index is -0.908. The lowest BCUT2D eigenvalue weighted by Crippen LogP contribution is -2.18. The molecule has 1 aromatic rings. The number of rotatable bonds is 7. The van der Waals surface area contributed by atoms with Gasteiger partial charge in [-0.3, -0.25) is 0 Å². The van der Waals surface area contributed by atoms with E-state index in [1.807, 2.05) is 0 Å². The predicted molar refractivity (Wildman–Crippen MR) is 68.5 cm³/mol. The molecule has 0 aliphatic rings. The first-order chi connectivity index (χ1) is 8.19. The number of thiol groups is 1. The molecule has 17 heavy (non-hydrogen) atoms. The van der Waals surface area contributed by atoms with Gasteiger partial charge in [0.1, 0.15) is 18.5 Å². The second-order valence-corrected chi connectivity index (χ2v) is 4.11. The maximum atomic E-state index is 9.82. The van der Waals surface area contributed by atoms with Gasteiger partial charge in [-0.15, -0.1) is 0 Å². The Labute approximate surface area is 106 Å². The molecule has 1 aromatic carbocycles. The zero-order valence-corrected chi connectivity index (χ0v) is 10.4. The second kappa shape index (κ2) is 7.55. The average molecular weight is 258 g/mol. The average Bonchev–Trinajstić information content (AvgIpc) is 2.36. The Bertz CT molecular complexity index is 315. The van der Waals surface area contributed by atoms with Crippen molar-refractivity contribution in [2.45, 2.75) is 18.6 Å². The molecule has 0 radical (unpaired) electrons. The number of hydrogen-bond acceptors (Lipinski definition) is 5. The summed E-state index contributed by atoms with van der Waals surface area (Å²) >= 11 is 4.01. The van der Waals surface area contributed by atoms with Gasteiger partial charge in [0, 0.05) is 0 Å². The SMILES string of the molecule is OCCOc1ccc(C(O)C(O)CCS)cc1. The van der Waals surface area contributed by atoms with Gasteiger partial charge in [0.05, 0.1) is 12.7 Å². The van der Waals surface area contributed by atoms with Crippen LogP contribution in [-0.2, 0) is 0 Å². The molecule has 0 aromatic heterocycles. The van der Waals surface area contributed by atoms with Gasteiger partial charge in [0.15, 0.2) is 0 Å². The molecule has 3 N–H and O–H groups in total. The van der Waals surface area contributed by atoms with Crippen molar-refractivity contribution in [3.63, 3.8) is 0 Å². The number of ether oxygens (including phenoxy) is 1. The van der Waals surface area contributed by atoms with Crippen molar-refractivity contribution in [3.05, 3.63) is 29.8 Å². The van der Waals surface area contributed by atoms with E-state index in [9.17, 15) is 10.2 Å². The third-order valence-electron chi connectivity index (χ3n) is 2.37. The van der Waals surface area contributed by atoms with Gasteiger partial charge in [-0.1, -0.05) is 12.1 Å². The van der Waals surface area contributed by atoms with Crippen molar-refractivity contribution in [3.8, 4) is 5.75 Å². The van der Waals surface area contributed by atoms with Crippen LogP contribution in [0.4, 0.5) is 0 Å². The fourth-order valence-electron chi connectivity index (χ4n) is 1.44. The van der Waals surface area contributed by atoms with E-state index in [1.165, 1.54) is 0 Å². The molecule has 0 fully saturated rings. The second-order valence-electron chi connectivity index (χ2n) is 3.67. The van der Waals surface area contributed by atoms with Crippen molar-refractivity contribution < 1.29 is 20.1 Å². The normalized spacial score (nSPS) is 14.4. The van der Waals surface area contributed by atoms with Crippen molar-refractivity contribution >= 4 is 12.6 Å². The Morgan fingerprint density at radius 1 is 1.18 bits per heavy atom. The zero-order chi connectivity index (χ0) is 12.7. The summed E-state index contributed by atoms with van der Waals surface area (Å²) in [6.07, 6.45) is -1.28. The summed E-state index contributed by atoms with van der Waals surface area (Å²) in [7, 11) is 0. The molecule has 0 saturated carbocycles. The highest BCUT2D eigenvalue weighted by atomic mass is 32.1. The van der Waals surface area contributed by atoms with E-state index in [1.54, 1.807) is 24.3 Å². The van der Waals surface area contributed by atoms with Crippen molar-refractivity contribution in [2.75, 3.05) is 19.0 Å². The van der Waals surface area contributed by atoms with Gasteiger partial charge in [-0.05, 0) is 29.9 Å². The van der Waals surface area contributed by atoms with Crippen LogP contribution in [0.1, 0.15) is 18.1 Å². The van der Waals surface area contributed by atoms with Crippen LogP contribution in [0.15, 0.2) is 24.3 Å². The van der Waals surface area contributed by atoms with E-state index >= 15 is 0 Å². The Morgan fingerprint density at radius 3 is 2.35 bits per heavy atom. The summed E-state index contributed by atoms with van der Waals surface area (Å²) < 4.78 is 5.19. The molecule has 0 aliphatic carbocycles. The van der Waals surface area contributed by atoms with Gasteiger partial charge in [-0.25, -0.2) is 0 Å². The molecule has 0 bridgehead atoms. The minimum Gasteiger partial charge on any atom is -0.491 e. The Hall–Kier alpha value is -0.750. The first-order valence-electron chi connectivity index (χ1n) is 5.49. The standard InChI is InChI=1S/C12H18O4S/c13-6-7-16-10-3-1-9(2-4-10)12(15)11(14)5-8-17/h1-4,11-15,17H,5-8H2. The Kier molecular flexibility index (Phi) is 6.36. The van der Waals surface area contributed by atoms with Gasteiger partial charge >= 0.3 is 0 Å². The maximum absolute atomic E-state index is 9.82. The highest BCUT2D eigenvalue weighted by Crippen LogP contribution is 2.22. The number of aliphatic hydroxyl groups is 3. The zero-order valence-electron chi connectivity index (χ0n) is 9.49. The highest BCUT2D eigenvalue weighted by molar-refractivity contribution is 7.80. The first-order valence-corrected chi connectivity index (χ1v) is 6.13. The molecule has 5 heteroatoms. The lowest BCUT2D eigenvalue weighted by atomic mass is 10.0. The molecule has 0 spiro atoms. The summed E-state index contributed by atoms with van der Waals surface area (Å²) in [6, 6.07) is 6.78. The molecule has 96 valence electrons. The predicted octanol–water partition coefficient (Wildman–Crippen LogP) is 0.772. The number of benzene rings is 1. The monoisotopic (exact) mass is 258 g/mol. The van der Waals surface area contributed by atoms with E-state index in [0.29, 0.717) is 23.5 Å². The van der Waals surface area contributed by atoms with Gasteiger partial charge < -0.3 is 20.1 Å². The van der Waals surface area contributed by atoms with Crippen molar-refractivity contribution in [2.24, 2.45) is 0 Å². The molecule has 2 atom stereocenters. The summed E-state index contributed by atoms with van der Waals surface area (Å²) in [5.74, 6) is 1.15. The third kappa shape index (κ3) is 4.55. The third-order valence-corrected chi connectivity index (χ3v) is 2.63. The molecule has 2 unspecified atom stereocenters. The molecular formula is C12H18O4S. The van der Waals surface area contributed by atoms with Gasteiger partial charge in [0.25, 0.3) is 0 Å². The molecule has 0 heterocycles. The topological polar surface area (TPSA) is 69.9 Å². The van der Waals surface area contributed by atoms with Crippen LogP contribution in [0.3, 0.4) is 0 Å². The van der Waals surface area contributed by atoms with E-state index in [0.717, 1.165) is 0 Å². The van der Waals surface area contributed by atoms with E-state index in [4.69, 9.17) is 9.84 Å².